The van der Waals surface area contributed by atoms with Crippen LogP contribution in [-0.4, -0.2) is 32.4 Å². The van der Waals surface area contributed by atoms with Crippen molar-refractivity contribution in [2.24, 2.45) is 5.10 Å². The van der Waals surface area contributed by atoms with Gasteiger partial charge in [0.2, 0.25) is 5.75 Å². The van der Waals surface area contributed by atoms with E-state index in [0.29, 0.717) is 10.2 Å². The summed E-state index contributed by atoms with van der Waals surface area (Å²) in [6.45, 7) is 0. The summed E-state index contributed by atoms with van der Waals surface area (Å²) in [5.74, 6) is -1.60. The van der Waals surface area contributed by atoms with Crippen molar-refractivity contribution in [1.29, 1.82) is 0 Å². The molecule has 2 aromatic rings. The smallest absolute Gasteiger partial charge is 0.335 e. The number of hydrogen-bond donors (Lipinski definition) is 4. The van der Waals surface area contributed by atoms with E-state index in [0.717, 1.165) is 6.21 Å². The van der Waals surface area contributed by atoms with Gasteiger partial charge in [0.15, 0.2) is 5.11 Å². The van der Waals surface area contributed by atoms with Crippen LogP contribution in [0.15, 0.2) is 46.0 Å². The first-order chi connectivity index (χ1) is 12.3. The Balaban J connectivity index is 2.07. The minimum absolute atomic E-state index is 0.0628. The van der Waals surface area contributed by atoms with Gasteiger partial charge in [-0.1, -0.05) is 22.0 Å². The maximum atomic E-state index is 10.9. The Bertz CT molecular complexity index is 919. The number of rotatable bonds is 5. The number of halogens is 1. The number of carboxylic acid groups (broad SMARTS) is 1. The maximum Gasteiger partial charge on any atom is 0.335 e. The van der Waals surface area contributed by atoms with Gasteiger partial charge < -0.3 is 15.5 Å². The zero-order valence-electron chi connectivity index (χ0n) is 12.8. The van der Waals surface area contributed by atoms with Crippen LogP contribution in [0.2, 0.25) is 0 Å². The number of thiocarbonyl (C=S) groups is 1. The highest BCUT2D eigenvalue weighted by Crippen LogP contribution is 2.32. The molecule has 0 radical (unpaired) electrons. The van der Waals surface area contributed by atoms with E-state index in [4.69, 9.17) is 17.3 Å². The molecule has 0 saturated heterocycles. The van der Waals surface area contributed by atoms with E-state index in [1.54, 1.807) is 12.1 Å². The molecule has 11 heteroatoms. The second-order valence-electron chi connectivity index (χ2n) is 4.83. The molecule has 0 amide bonds. The first kappa shape index (κ1) is 19.3. The summed E-state index contributed by atoms with van der Waals surface area (Å²) >= 11 is 8.14. The van der Waals surface area contributed by atoms with Crippen LogP contribution in [0.25, 0.3) is 0 Å². The molecule has 2 rings (SSSR count). The number of nitro benzene ring substituents is 1. The van der Waals surface area contributed by atoms with Crippen molar-refractivity contribution in [3.05, 3.63) is 62.1 Å². The summed E-state index contributed by atoms with van der Waals surface area (Å²) in [6.07, 6.45) is 1.16. The highest BCUT2D eigenvalue weighted by atomic mass is 79.9. The number of benzene rings is 2. The molecule has 134 valence electrons. The number of anilines is 1. The van der Waals surface area contributed by atoms with Gasteiger partial charge in [-0.3, -0.25) is 15.5 Å². The number of carboxylic acids is 1. The summed E-state index contributed by atoms with van der Waals surface area (Å²) in [5, 5.41) is 36.3. The van der Waals surface area contributed by atoms with Crippen LogP contribution in [0.4, 0.5) is 11.4 Å². The van der Waals surface area contributed by atoms with Crippen molar-refractivity contribution in [2.75, 3.05) is 5.32 Å². The van der Waals surface area contributed by atoms with Gasteiger partial charge in [-0.2, -0.15) is 5.10 Å². The van der Waals surface area contributed by atoms with E-state index in [2.05, 4.69) is 31.8 Å². The molecular weight excluding hydrogens is 428 g/mol. The molecule has 26 heavy (non-hydrogen) atoms. The lowest BCUT2D eigenvalue weighted by atomic mass is 10.2. The number of nitrogens with one attached hydrogen (secondary N) is 2. The second kappa shape index (κ2) is 8.36. The SMILES string of the molecule is O=C(O)c1cccc(NC(=S)N/N=C/c2cc(Br)cc([N+](=O)[O-])c2O)c1. The van der Waals surface area contributed by atoms with Crippen LogP contribution in [0.5, 0.6) is 5.75 Å². The van der Waals surface area contributed by atoms with Gasteiger partial charge >= 0.3 is 11.7 Å². The Morgan fingerprint density at radius 3 is 2.73 bits per heavy atom. The van der Waals surface area contributed by atoms with Gasteiger partial charge in [0.05, 0.1) is 16.7 Å². The predicted octanol–water partition coefficient (Wildman–Crippen LogP) is 3.08. The largest absolute Gasteiger partial charge is 0.502 e. The fourth-order valence-corrected chi connectivity index (χ4v) is 2.53. The third-order valence-corrected chi connectivity index (χ3v) is 3.67. The van der Waals surface area contributed by atoms with Crippen LogP contribution < -0.4 is 10.7 Å². The molecular formula is C15H11BrN4O5S. The highest BCUT2D eigenvalue weighted by molar-refractivity contribution is 9.10. The van der Waals surface area contributed by atoms with E-state index in [9.17, 15) is 20.0 Å². The predicted molar refractivity (Wildman–Crippen MR) is 103 cm³/mol. The summed E-state index contributed by atoms with van der Waals surface area (Å²) in [7, 11) is 0. The third-order valence-electron chi connectivity index (χ3n) is 3.02. The molecule has 2 aromatic carbocycles. The topological polar surface area (TPSA) is 137 Å². The first-order valence-corrected chi connectivity index (χ1v) is 8.08. The molecule has 0 bridgehead atoms. The molecule has 0 unspecified atom stereocenters. The Kier molecular flexibility index (Phi) is 6.20. The standard InChI is InChI=1S/C15H11BrN4O5S/c16-10-4-9(13(21)12(6-10)20(24)25)7-17-19-15(26)18-11-3-1-2-8(5-11)14(22)23/h1-7,21H,(H,22,23)(H2,18,19,26)/b17-7+. The van der Waals surface area contributed by atoms with Gasteiger partial charge in [0.1, 0.15) is 0 Å². The Hall–Kier alpha value is -3.05. The number of hydrazone groups is 1. The Labute approximate surface area is 160 Å². The van der Waals surface area contributed by atoms with Gasteiger partial charge in [-0.25, -0.2) is 4.79 Å². The molecule has 0 aromatic heterocycles. The lowest BCUT2D eigenvalue weighted by molar-refractivity contribution is -0.385. The Morgan fingerprint density at radius 2 is 2.08 bits per heavy atom. The van der Waals surface area contributed by atoms with Crippen molar-refractivity contribution >= 4 is 56.8 Å². The molecule has 0 spiro atoms. The minimum Gasteiger partial charge on any atom is -0.502 e. The van der Waals surface area contributed by atoms with Gasteiger partial charge in [-0.15, -0.1) is 0 Å². The Morgan fingerprint density at radius 1 is 1.35 bits per heavy atom. The van der Waals surface area contributed by atoms with E-state index < -0.39 is 22.3 Å². The minimum atomic E-state index is -1.07. The summed E-state index contributed by atoms with van der Waals surface area (Å²) < 4.78 is 0.398. The van der Waals surface area contributed by atoms with Crippen LogP contribution in [0, 0.1) is 10.1 Å². The van der Waals surface area contributed by atoms with E-state index in [-0.39, 0.29) is 16.2 Å². The van der Waals surface area contributed by atoms with E-state index in [1.807, 2.05) is 0 Å². The first-order valence-electron chi connectivity index (χ1n) is 6.88. The lowest BCUT2D eigenvalue weighted by Gasteiger charge is -2.07. The van der Waals surface area contributed by atoms with Crippen molar-refractivity contribution in [3.63, 3.8) is 0 Å². The summed E-state index contributed by atoms with van der Waals surface area (Å²) in [4.78, 5) is 21.1. The molecule has 0 aliphatic heterocycles. The quantitative estimate of drug-likeness (QED) is 0.242. The third kappa shape index (κ3) is 4.97. The maximum absolute atomic E-state index is 10.9. The van der Waals surface area contributed by atoms with Crippen molar-refractivity contribution in [2.45, 2.75) is 0 Å². The zero-order valence-corrected chi connectivity index (χ0v) is 15.2. The fraction of sp³-hybridized carbons (Fsp3) is 0. The molecule has 9 nitrogen and oxygen atoms in total. The molecule has 0 fully saturated rings. The lowest BCUT2D eigenvalue weighted by Crippen LogP contribution is -2.24. The number of hydrogen-bond acceptors (Lipinski definition) is 6. The van der Waals surface area contributed by atoms with Crippen LogP contribution in [-0.2, 0) is 0 Å². The molecule has 0 heterocycles. The highest BCUT2D eigenvalue weighted by Gasteiger charge is 2.17. The number of phenolic OH excluding ortho intramolecular Hbond substituents is 1. The van der Waals surface area contributed by atoms with Gasteiger partial charge in [0.25, 0.3) is 0 Å². The number of nitrogens with zero attached hydrogens (tertiary/aromatic N) is 2. The number of phenols is 1. The summed E-state index contributed by atoms with van der Waals surface area (Å²) in [6, 6.07) is 8.61. The second-order valence-corrected chi connectivity index (χ2v) is 6.15. The van der Waals surface area contributed by atoms with E-state index >= 15 is 0 Å². The van der Waals surface area contributed by atoms with Crippen molar-refractivity contribution in [1.82, 2.24) is 5.43 Å². The average molecular weight is 439 g/mol. The monoisotopic (exact) mass is 438 g/mol. The number of nitro groups is 1. The van der Waals surface area contributed by atoms with Crippen LogP contribution in [0.1, 0.15) is 15.9 Å². The number of carbonyl (C=O) groups is 1. The molecule has 0 aliphatic carbocycles. The van der Waals surface area contributed by atoms with Crippen LogP contribution >= 0.6 is 28.1 Å². The molecule has 4 N–H and O–H groups in total. The van der Waals surface area contributed by atoms with Gasteiger partial charge in [0, 0.05) is 21.8 Å². The zero-order chi connectivity index (χ0) is 19.3. The van der Waals surface area contributed by atoms with Gasteiger partial charge in [-0.05, 0) is 36.5 Å². The number of aromatic carboxylic acids is 1. The summed E-state index contributed by atoms with van der Waals surface area (Å²) in [5.41, 5.74) is 2.64. The van der Waals surface area contributed by atoms with Crippen LogP contribution in [0.3, 0.4) is 0 Å². The van der Waals surface area contributed by atoms with Crippen molar-refractivity contribution in [3.8, 4) is 5.75 Å². The fourth-order valence-electron chi connectivity index (χ4n) is 1.89. The van der Waals surface area contributed by atoms with Crippen molar-refractivity contribution < 1.29 is 19.9 Å². The molecule has 0 aliphatic rings. The number of aromatic hydroxyl groups is 1. The average Bonchev–Trinajstić information content (AvgIpc) is 2.57. The molecule has 0 atom stereocenters. The molecule has 0 saturated carbocycles. The van der Waals surface area contributed by atoms with E-state index in [1.165, 1.54) is 24.3 Å². The normalized spacial score (nSPS) is 10.5.